The maximum absolute atomic E-state index is 13.7. The third kappa shape index (κ3) is 4.69. The number of aryl methyl sites for hydroxylation is 1. The van der Waals surface area contributed by atoms with E-state index in [0.29, 0.717) is 17.5 Å². The van der Waals surface area contributed by atoms with Crippen molar-refractivity contribution in [3.63, 3.8) is 0 Å². The third-order valence-electron chi connectivity index (χ3n) is 6.99. The number of anilines is 1. The zero-order valence-corrected chi connectivity index (χ0v) is 21.0. The average molecular weight is 503 g/mol. The van der Waals surface area contributed by atoms with Crippen molar-refractivity contribution in [1.29, 1.82) is 0 Å². The van der Waals surface area contributed by atoms with Crippen LogP contribution in [0.3, 0.4) is 0 Å². The fraction of sp³-hybridized carbons (Fsp3) is 0.357. The third-order valence-corrected chi connectivity index (χ3v) is 6.99. The van der Waals surface area contributed by atoms with Crippen molar-refractivity contribution in [2.75, 3.05) is 11.4 Å². The molecule has 9 nitrogen and oxygen atoms in total. The molecule has 2 aromatic carbocycles. The van der Waals surface area contributed by atoms with E-state index in [1.807, 2.05) is 38.1 Å². The Labute approximate surface area is 213 Å². The summed E-state index contributed by atoms with van der Waals surface area (Å²) >= 11 is 0. The number of fused-ring (bicyclic) bond motifs is 3. The van der Waals surface area contributed by atoms with Crippen molar-refractivity contribution in [2.45, 2.75) is 58.7 Å². The van der Waals surface area contributed by atoms with Crippen LogP contribution in [-0.4, -0.2) is 33.5 Å². The highest BCUT2D eigenvalue weighted by Crippen LogP contribution is 2.26. The number of likely N-dealkylation sites (N-methyl/N-ethyl adjacent to an activating group) is 1. The van der Waals surface area contributed by atoms with Crippen LogP contribution in [0.2, 0.25) is 0 Å². The van der Waals surface area contributed by atoms with E-state index in [-0.39, 0.29) is 29.6 Å². The first-order chi connectivity index (χ1) is 17.9. The fourth-order valence-corrected chi connectivity index (χ4v) is 5.19. The Morgan fingerprint density at radius 1 is 1.03 bits per heavy atom. The van der Waals surface area contributed by atoms with Crippen molar-refractivity contribution in [3.8, 4) is 0 Å². The molecule has 0 aliphatic heterocycles. The molecule has 0 saturated heterocycles. The van der Waals surface area contributed by atoms with Crippen LogP contribution in [0.5, 0.6) is 0 Å². The molecule has 0 unspecified atom stereocenters. The van der Waals surface area contributed by atoms with Crippen molar-refractivity contribution >= 4 is 39.6 Å². The number of nitrogens with zero attached hydrogens (tertiary/aromatic N) is 3. The second-order valence-electron chi connectivity index (χ2n) is 9.56. The molecule has 37 heavy (non-hydrogen) atoms. The van der Waals surface area contributed by atoms with Crippen LogP contribution in [0.1, 0.15) is 38.2 Å². The number of hydrogen-bond donors (Lipinski definition) is 1. The highest BCUT2D eigenvalue weighted by molar-refractivity contribution is 6.03. The van der Waals surface area contributed by atoms with Gasteiger partial charge in [-0.2, -0.15) is 0 Å². The van der Waals surface area contributed by atoms with Gasteiger partial charge in [0.25, 0.3) is 5.56 Å². The summed E-state index contributed by atoms with van der Waals surface area (Å²) in [6.07, 6.45) is 3.85. The highest BCUT2D eigenvalue weighted by Gasteiger charge is 2.25. The van der Waals surface area contributed by atoms with E-state index in [9.17, 15) is 19.2 Å². The van der Waals surface area contributed by atoms with Gasteiger partial charge in [0.05, 0.1) is 0 Å². The van der Waals surface area contributed by atoms with Crippen LogP contribution in [0.4, 0.5) is 5.69 Å². The van der Waals surface area contributed by atoms with E-state index < -0.39 is 23.7 Å². The quantitative estimate of drug-likeness (QED) is 0.417. The first kappa shape index (κ1) is 24.5. The summed E-state index contributed by atoms with van der Waals surface area (Å²) in [5, 5.41) is 3.47. The van der Waals surface area contributed by atoms with E-state index in [1.54, 1.807) is 29.2 Å². The lowest BCUT2D eigenvalue weighted by atomic mass is 10.2. The summed E-state index contributed by atoms with van der Waals surface area (Å²) in [6.45, 7) is 3.45. The first-order valence-corrected chi connectivity index (χ1v) is 12.7. The van der Waals surface area contributed by atoms with Gasteiger partial charge in [-0.15, -0.1) is 0 Å². The van der Waals surface area contributed by atoms with E-state index >= 15 is 0 Å². The smallest absolute Gasteiger partial charge is 0.332 e. The maximum Gasteiger partial charge on any atom is 0.332 e. The van der Waals surface area contributed by atoms with Gasteiger partial charge in [-0.3, -0.25) is 19.0 Å². The second-order valence-corrected chi connectivity index (χ2v) is 9.56. The number of carbonyl (C=O) groups excluding carboxylic acids is 2. The Kier molecular flexibility index (Phi) is 6.69. The van der Waals surface area contributed by atoms with Gasteiger partial charge in [0.1, 0.15) is 24.2 Å². The Hall–Kier alpha value is -4.14. The maximum atomic E-state index is 13.7. The lowest BCUT2D eigenvalue weighted by Crippen LogP contribution is -2.46. The zero-order chi connectivity index (χ0) is 26.1. The Balaban J connectivity index is 1.60. The van der Waals surface area contributed by atoms with Crippen LogP contribution in [0, 0.1) is 6.92 Å². The van der Waals surface area contributed by atoms with Crippen LogP contribution in [0.15, 0.2) is 62.5 Å². The summed E-state index contributed by atoms with van der Waals surface area (Å²) in [4.78, 5) is 54.9. The van der Waals surface area contributed by atoms with Gasteiger partial charge in [0.2, 0.25) is 17.4 Å². The molecule has 4 aromatic rings. The summed E-state index contributed by atoms with van der Waals surface area (Å²) in [6, 6.07) is 14.6. The minimum atomic E-state index is -0.723. The molecular weight excluding hydrogens is 472 g/mol. The molecule has 2 amide bonds. The number of furan rings is 1. The minimum absolute atomic E-state index is 0.0504. The predicted octanol–water partition coefficient (Wildman–Crippen LogP) is 3.33. The molecule has 2 aromatic heterocycles. The molecule has 1 aliphatic rings. The molecule has 2 heterocycles. The van der Waals surface area contributed by atoms with Crippen LogP contribution in [-0.2, 0) is 22.7 Å². The molecular formula is C28H30N4O5. The second kappa shape index (κ2) is 10.1. The van der Waals surface area contributed by atoms with Gasteiger partial charge in [-0.05, 0) is 56.5 Å². The van der Waals surface area contributed by atoms with Gasteiger partial charge in [0, 0.05) is 23.7 Å². The summed E-state index contributed by atoms with van der Waals surface area (Å²) in [5.41, 5.74) is 0.942. The normalized spacial score (nSPS) is 13.9. The van der Waals surface area contributed by atoms with Gasteiger partial charge in [-0.25, -0.2) is 9.36 Å². The van der Waals surface area contributed by atoms with Crippen molar-refractivity contribution in [3.05, 3.63) is 74.9 Å². The lowest BCUT2D eigenvalue weighted by Gasteiger charge is -2.22. The van der Waals surface area contributed by atoms with E-state index in [2.05, 4.69) is 5.32 Å². The molecule has 9 heteroatoms. The van der Waals surface area contributed by atoms with Gasteiger partial charge < -0.3 is 14.6 Å². The number of carbonyl (C=O) groups is 2. The number of rotatable bonds is 7. The SMILES string of the molecule is CCN(C(=O)Cn1c(=O)n(CC(=O)NC2CCCC2)c(=O)c2oc3ccccc3c21)c1cccc(C)c1. The molecule has 1 fully saturated rings. The largest absolute Gasteiger partial charge is 0.449 e. The molecule has 0 spiro atoms. The number of hydrogen-bond acceptors (Lipinski definition) is 5. The van der Waals surface area contributed by atoms with Crippen LogP contribution < -0.4 is 21.5 Å². The van der Waals surface area contributed by atoms with Crippen LogP contribution in [0.25, 0.3) is 22.1 Å². The Morgan fingerprint density at radius 3 is 2.51 bits per heavy atom. The lowest BCUT2D eigenvalue weighted by molar-refractivity contribution is -0.122. The predicted molar refractivity (Wildman–Crippen MR) is 142 cm³/mol. The molecule has 0 bridgehead atoms. The van der Waals surface area contributed by atoms with Crippen molar-refractivity contribution in [2.24, 2.45) is 0 Å². The molecule has 1 aliphatic carbocycles. The van der Waals surface area contributed by atoms with Gasteiger partial charge in [0.15, 0.2) is 0 Å². The first-order valence-electron chi connectivity index (χ1n) is 12.7. The minimum Gasteiger partial charge on any atom is -0.449 e. The summed E-state index contributed by atoms with van der Waals surface area (Å²) in [7, 11) is 0. The molecule has 192 valence electrons. The van der Waals surface area contributed by atoms with E-state index in [4.69, 9.17) is 4.42 Å². The molecule has 0 radical (unpaired) electrons. The fourth-order valence-electron chi connectivity index (χ4n) is 5.19. The van der Waals surface area contributed by atoms with Gasteiger partial charge in [-0.1, -0.05) is 37.1 Å². The number of amides is 2. The molecule has 0 atom stereocenters. The van der Waals surface area contributed by atoms with Gasteiger partial charge >= 0.3 is 5.69 Å². The number of nitrogens with one attached hydrogen (secondary N) is 1. The van der Waals surface area contributed by atoms with Crippen molar-refractivity contribution < 1.29 is 14.0 Å². The Bertz CT molecular complexity index is 1610. The topological polar surface area (TPSA) is 107 Å². The standard InChI is InChI=1S/C28H30N4O5/c1-3-30(20-12-8-9-18(2)15-20)24(34)17-31-25-21-13-6-7-14-22(21)37-26(25)27(35)32(28(31)36)16-23(33)29-19-10-4-5-11-19/h6-9,12-15,19H,3-5,10-11,16-17H2,1-2H3,(H,29,33). The van der Waals surface area contributed by atoms with Crippen molar-refractivity contribution in [1.82, 2.24) is 14.5 Å². The van der Waals surface area contributed by atoms with Crippen LogP contribution >= 0.6 is 0 Å². The zero-order valence-electron chi connectivity index (χ0n) is 21.0. The Morgan fingerprint density at radius 2 is 1.78 bits per heavy atom. The van der Waals surface area contributed by atoms with E-state index in [1.165, 1.54) is 4.57 Å². The average Bonchev–Trinajstić information content (AvgIpc) is 3.53. The number of para-hydroxylation sites is 1. The molecule has 5 rings (SSSR count). The number of aromatic nitrogens is 2. The summed E-state index contributed by atoms with van der Waals surface area (Å²) < 4.78 is 7.98. The summed E-state index contributed by atoms with van der Waals surface area (Å²) in [5.74, 6) is -0.725. The van der Waals surface area contributed by atoms with E-state index in [0.717, 1.165) is 41.5 Å². The monoisotopic (exact) mass is 502 g/mol. The molecule has 1 saturated carbocycles. The number of benzene rings is 2. The molecule has 1 N–H and O–H groups in total. The highest BCUT2D eigenvalue weighted by atomic mass is 16.3.